The number of aliphatic carboxylic acids is 1. The number of anilines is 1. The number of nitriles is 1. The van der Waals surface area contributed by atoms with E-state index in [-0.39, 0.29) is 13.0 Å². The van der Waals surface area contributed by atoms with Crippen LogP contribution in [0.3, 0.4) is 0 Å². The molecule has 1 aromatic rings. The zero-order valence-electron chi connectivity index (χ0n) is 13.1. The molecule has 2 amide bonds. The average Bonchev–Trinajstić information content (AvgIpc) is 2.53. The number of unbranched alkanes of at least 4 members (excludes halogenated alkanes) is 1. The molecule has 0 radical (unpaired) electrons. The Morgan fingerprint density at radius 2 is 2.04 bits per heavy atom. The molecule has 0 saturated carbocycles. The number of rotatable bonds is 9. The Labute approximate surface area is 135 Å². The molecular formula is C16H21N3O4. The Kier molecular flexibility index (Phi) is 8.00. The van der Waals surface area contributed by atoms with Crippen LogP contribution >= 0.6 is 0 Å². The van der Waals surface area contributed by atoms with Crippen molar-refractivity contribution in [3.05, 3.63) is 24.3 Å². The quantitative estimate of drug-likeness (QED) is 0.681. The zero-order chi connectivity index (χ0) is 17.1. The number of urea groups is 1. The number of carbonyl (C=O) groups excluding carboxylic acids is 1. The summed E-state index contributed by atoms with van der Waals surface area (Å²) in [6.07, 6.45) is 2.10. The van der Waals surface area contributed by atoms with Crippen LogP contribution in [0.25, 0.3) is 0 Å². The van der Waals surface area contributed by atoms with Crippen molar-refractivity contribution in [1.82, 2.24) is 4.90 Å². The summed E-state index contributed by atoms with van der Waals surface area (Å²) in [5.74, 6) is -0.416. The van der Waals surface area contributed by atoms with Gasteiger partial charge in [-0.2, -0.15) is 5.26 Å². The fraction of sp³-hybridized carbons (Fsp3) is 0.438. The lowest BCUT2D eigenvalue weighted by molar-refractivity contribution is -0.137. The van der Waals surface area contributed by atoms with Crippen LogP contribution in [0.1, 0.15) is 26.2 Å². The van der Waals surface area contributed by atoms with Crippen molar-refractivity contribution in [1.29, 1.82) is 5.26 Å². The van der Waals surface area contributed by atoms with Gasteiger partial charge < -0.3 is 20.1 Å². The molecule has 0 heterocycles. The maximum absolute atomic E-state index is 12.1. The number of benzene rings is 1. The molecule has 1 rings (SSSR count). The molecule has 0 atom stereocenters. The number of carboxylic acid groups (broad SMARTS) is 1. The Bertz CT molecular complexity index is 551. The van der Waals surface area contributed by atoms with Crippen molar-refractivity contribution < 1.29 is 19.4 Å². The van der Waals surface area contributed by atoms with Crippen molar-refractivity contribution in [2.45, 2.75) is 26.2 Å². The second-order valence-corrected chi connectivity index (χ2v) is 4.88. The highest BCUT2D eigenvalue weighted by molar-refractivity contribution is 5.91. The van der Waals surface area contributed by atoms with Crippen LogP contribution in [-0.2, 0) is 4.79 Å². The summed E-state index contributed by atoms with van der Waals surface area (Å²) in [6, 6.07) is 8.18. The maximum atomic E-state index is 12.1. The molecule has 7 nitrogen and oxygen atoms in total. The highest BCUT2D eigenvalue weighted by Gasteiger charge is 2.16. The van der Waals surface area contributed by atoms with Crippen molar-refractivity contribution in [2.24, 2.45) is 0 Å². The monoisotopic (exact) mass is 319 g/mol. The molecule has 124 valence electrons. The van der Waals surface area contributed by atoms with Crippen molar-refractivity contribution >= 4 is 17.7 Å². The first kappa shape index (κ1) is 18.3. The van der Waals surface area contributed by atoms with Crippen molar-refractivity contribution in [2.75, 3.05) is 25.0 Å². The highest BCUT2D eigenvalue weighted by atomic mass is 16.5. The normalized spacial score (nSPS) is 9.74. The summed E-state index contributed by atoms with van der Waals surface area (Å²) in [5, 5.41) is 20.0. The first-order valence-electron chi connectivity index (χ1n) is 7.44. The van der Waals surface area contributed by atoms with E-state index < -0.39 is 18.5 Å². The molecule has 0 fully saturated rings. The van der Waals surface area contributed by atoms with Crippen LogP contribution in [0.4, 0.5) is 10.5 Å². The number of hydrogen-bond donors (Lipinski definition) is 2. The summed E-state index contributed by atoms with van der Waals surface area (Å²) in [7, 11) is 0. The fourth-order valence-electron chi connectivity index (χ4n) is 1.77. The lowest BCUT2D eigenvalue weighted by Gasteiger charge is -2.20. The van der Waals surface area contributed by atoms with Gasteiger partial charge in [-0.25, -0.2) is 4.79 Å². The maximum Gasteiger partial charge on any atom is 0.323 e. The summed E-state index contributed by atoms with van der Waals surface area (Å²) in [4.78, 5) is 23.9. The minimum atomic E-state index is -1.13. The SMILES string of the molecule is CCCCOc1ccc(NC(=O)N(CCC#N)CC(=O)O)cc1. The summed E-state index contributed by atoms with van der Waals surface area (Å²) < 4.78 is 5.52. The van der Waals surface area contributed by atoms with Crippen LogP contribution < -0.4 is 10.1 Å². The molecule has 0 aliphatic carbocycles. The van der Waals surface area contributed by atoms with Gasteiger partial charge in [-0.3, -0.25) is 4.79 Å². The Morgan fingerprint density at radius 3 is 2.61 bits per heavy atom. The van der Waals surface area contributed by atoms with E-state index in [1.165, 1.54) is 0 Å². The predicted molar refractivity (Wildman–Crippen MR) is 85.3 cm³/mol. The van der Waals surface area contributed by atoms with E-state index in [4.69, 9.17) is 15.1 Å². The third-order valence-electron chi connectivity index (χ3n) is 2.98. The van der Waals surface area contributed by atoms with Gasteiger partial charge in [-0.1, -0.05) is 13.3 Å². The first-order valence-corrected chi connectivity index (χ1v) is 7.44. The second kappa shape index (κ2) is 10.1. The lowest BCUT2D eigenvalue weighted by atomic mass is 10.3. The first-order chi connectivity index (χ1) is 11.1. The van der Waals surface area contributed by atoms with Crippen LogP contribution in [0.5, 0.6) is 5.75 Å². The number of amides is 2. The van der Waals surface area contributed by atoms with E-state index in [1.54, 1.807) is 24.3 Å². The van der Waals surface area contributed by atoms with Gasteiger partial charge in [0.2, 0.25) is 0 Å². The van der Waals surface area contributed by atoms with Crippen LogP contribution in [0.2, 0.25) is 0 Å². The van der Waals surface area contributed by atoms with Crippen LogP contribution in [-0.4, -0.2) is 41.7 Å². The minimum Gasteiger partial charge on any atom is -0.494 e. The van der Waals surface area contributed by atoms with Gasteiger partial charge in [-0.15, -0.1) is 0 Å². The molecule has 0 aliphatic heterocycles. The van der Waals surface area contributed by atoms with Gasteiger partial charge in [-0.05, 0) is 30.7 Å². The molecule has 2 N–H and O–H groups in total. The van der Waals surface area contributed by atoms with E-state index in [0.717, 1.165) is 17.7 Å². The van der Waals surface area contributed by atoms with Gasteiger partial charge >= 0.3 is 12.0 Å². The summed E-state index contributed by atoms with van der Waals surface area (Å²) in [5.41, 5.74) is 0.533. The smallest absolute Gasteiger partial charge is 0.323 e. The zero-order valence-corrected chi connectivity index (χ0v) is 13.1. The summed E-state index contributed by atoms with van der Waals surface area (Å²) >= 11 is 0. The molecule has 7 heteroatoms. The van der Waals surface area contributed by atoms with Gasteiger partial charge in [0, 0.05) is 12.2 Å². The Balaban J connectivity index is 2.59. The van der Waals surface area contributed by atoms with Gasteiger partial charge in [0.15, 0.2) is 0 Å². The van der Waals surface area contributed by atoms with Crippen molar-refractivity contribution in [3.8, 4) is 11.8 Å². The topological polar surface area (TPSA) is 103 Å². The molecule has 0 spiro atoms. The largest absolute Gasteiger partial charge is 0.494 e. The molecule has 0 aliphatic rings. The standard InChI is InChI=1S/C16H21N3O4/c1-2-3-11-23-14-7-5-13(6-8-14)18-16(22)19(10-4-9-17)12-15(20)21/h5-8H,2-4,10-12H2,1H3,(H,18,22)(H,20,21). The third-order valence-corrected chi connectivity index (χ3v) is 2.98. The second-order valence-electron chi connectivity index (χ2n) is 4.88. The number of nitrogens with zero attached hydrogens (tertiary/aromatic N) is 2. The molecule has 1 aromatic carbocycles. The number of nitrogens with one attached hydrogen (secondary N) is 1. The number of carbonyl (C=O) groups is 2. The van der Waals surface area contributed by atoms with E-state index in [0.29, 0.717) is 18.0 Å². The molecular weight excluding hydrogens is 298 g/mol. The molecule has 0 saturated heterocycles. The number of hydrogen-bond acceptors (Lipinski definition) is 4. The fourth-order valence-corrected chi connectivity index (χ4v) is 1.77. The van der Waals surface area contributed by atoms with Gasteiger partial charge in [0.1, 0.15) is 12.3 Å². The molecule has 0 aromatic heterocycles. The Hall–Kier alpha value is -2.75. The van der Waals surface area contributed by atoms with E-state index >= 15 is 0 Å². The summed E-state index contributed by atoms with van der Waals surface area (Å²) in [6.45, 7) is 2.33. The van der Waals surface area contributed by atoms with Crippen molar-refractivity contribution in [3.63, 3.8) is 0 Å². The lowest BCUT2D eigenvalue weighted by Crippen LogP contribution is -2.39. The predicted octanol–water partition coefficient (Wildman–Crippen LogP) is 2.70. The highest BCUT2D eigenvalue weighted by Crippen LogP contribution is 2.16. The average molecular weight is 319 g/mol. The molecule has 0 unspecified atom stereocenters. The Morgan fingerprint density at radius 1 is 1.35 bits per heavy atom. The molecule has 0 bridgehead atoms. The third kappa shape index (κ3) is 7.18. The van der Waals surface area contributed by atoms with E-state index in [2.05, 4.69) is 12.2 Å². The number of ether oxygens (including phenoxy) is 1. The number of carboxylic acids is 1. The van der Waals surface area contributed by atoms with Gasteiger partial charge in [0.25, 0.3) is 0 Å². The molecule has 23 heavy (non-hydrogen) atoms. The van der Waals surface area contributed by atoms with Crippen LogP contribution in [0, 0.1) is 11.3 Å². The minimum absolute atomic E-state index is 0.0623. The van der Waals surface area contributed by atoms with E-state index in [1.807, 2.05) is 6.07 Å². The van der Waals surface area contributed by atoms with E-state index in [9.17, 15) is 9.59 Å². The van der Waals surface area contributed by atoms with Crippen LogP contribution in [0.15, 0.2) is 24.3 Å². The van der Waals surface area contributed by atoms with Gasteiger partial charge in [0.05, 0.1) is 19.1 Å².